The Bertz CT molecular complexity index is 227. The largest absolute Gasteiger partial charge is 0.334 e. The van der Waals surface area contributed by atoms with Crippen molar-refractivity contribution in [1.29, 1.82) is 0 Å². The average Bonchev–Trinajstić information content (AvgIpc) is 2.05. The molecule has 2 atom stereocenters. The molecule has 2 amide bonds. The lowest BCUT2D eigenvalue weighted by atomic mass is 10.1. The molecule has 0 saturated carbocycles. The van der Waals surface area contributed by atoms with Gasteiger partial charge in [-0.1, -0.05) is 0 Å². The molecule has 0 bridgehead atoms. The van der Waals surface area contributed by atoms with E-state index in [1.165, 1.54) is 0 Å². The predicted octanol–water partition coefficient (Wildman–Crippen LogP) is 0.784. The van der Waals surface area contributed by atoms with Crippen molar-refractivity contribution in [2.24, 2.45) is 0 Å². The summed E-state index contributed by atoms with van der Waals surface area (Å²) in [5.74, 6) is 0. The molecule has 0 aromatic carbocycles. The molecule has 5 heteroatoms. The van der Waals surface area contributed by atoms with Crippen molar-refractivity contribution in [3.63, 3.8) is 0 Å². The van der Waals surface area contributed by atoms with Crippen LogP contribution in [0.3, 0.4) is 0 Å². The molecule has 1 fully saturated rings. The van der Waals surface area contributed by atoms with E-state index in [1.807, 2.05) is 20.8 Å². The summed E-state index contributed by atoms with van der Waals surface area (Å²) in [5, 5.41) is 8.35. The zero-order chi connectivity index (χ0) is 11.5. The van der Waals surface area contributed by atoms with Crippen LogP contribution >= 0.6 is 0 Å². The Morgan fingerprint density at radius 2 is 2.13 bits per heavy atom. The lowest BCUT2D eigenvalue weighted by Crippen LogP contribution is -2.55. The smallest absolute Gasteiger partial charge is 0.315 e. The fourth-order valence-corrected chi connectivity index (χ4v) is 1.53. The minimum absolute atomic E-state index is 0.289. The van der Waals surface area contributed by atoms with Crippen LogP contribution in [0.25, 0.3) is 0 Å². The first-order valence-electron chi connectivity index (χ1n) is 5.32. The van der Waals surface area contributed by atoms with E-state index in [2.05, 4.69) is 16.0 Å². The van der Waals surface area contributed by atoms with Crippen LogP contribution in [0.15, 0.2) is 0 Å². The Kier molecular flexibility index (Phi) is 3.90. The van der Waals surface area contributed by atoms with Gasteiger partial charge < -0.3 is 16.0 Å². The third-order valence-electron chi connectivity index (χ3n) is 2.21. The minimum atomic E-state index is -0.996. The first-order valence-corrected chi connectivity index (χ1v) is 5.32. The molecule has 0 aromatic heterocycles. The van der Waals surface area contributed by atoms with E-state index < -0.39 is 6.17 Å². The monoisotopic (exact) mass is 217 g/mol. The number of piperidine rings is 1. The Labute approximate surface area is 90.0 Å². The predicted molar refractivity (Wildman–Crippen MR) is 57.6 cm³/mol. The lowest BCUT2D eigenvalue weighted by Gasteiger charge is -2.29. The molecule has 0 aromatic rings. The van der Waals surface area contributed by atoms with E-state index in [4.69, 9.17) is 0 Å². The van der Waals surface area contributed by atoms with Crippen molar-refractivity contribution in [2.45, 2.75) is 44.9 Å². The van der Waals surface area contributed by atoms with Gasteiger partial charge in [0.2, 0.25) is 0 Å². The van der Waals surface area contributed by atoms with Crippen molar-refractivity contribution in [2.75, 3.05) is 13.1 Å². The quantitative estimate of drug-likeness (QED) is 0.608. The van der Waals surface area contributed by atoms with Gasteiger partial charge in [0.05, 0.1) is 6.04 Å². The lowest BCUT2D eigenvalue weighted by molar-refractivity contribution is 0.188. The van der Waals surface area contributed by atoms with Gasteiger partial charge in [-0.05, 0) is 33.7 Å². The van der Waals surface area contributed by atoms with Crippen molar-refractivity contribution in [3.05, 3.63) is 0 Å². The summed E-state index contributed by atoms with van der Waals surface area (Å²) in [7, 11) is 0. The Hall–Kier alpha value is -0.840. The highest BCUT2D eigenvalue weighted by Crippen LogP contribution is 2.07. The molecular formula is C10H20FN3O. The van der Waals surface area contributed by atoms with Crippen LogP contribution in [0, 0.1) is 0 Å². The standard InChI is InChI=1S/C10H20FN3O/c1-10(2,3)14-9(15)13-8-4-5-12-6-7(8)11/h7-8,12H,4-6H2,1-3H3,(H2,13,14,15). The highest BCUT2D eigenvalue weighted by atomic mass is 19.1. The van der Waals surface area contributed by atoms with Gasteiger partial charge in [-0.15, -0.1) is 0 Å². The second-order valence-electron chi connectivity index (χ2n) is 4.96. The summed E-state index contributed by atoms with van der Waals surface area (Å²) >= 11 is 0. The van der Waals surface area contributed by atoms with Gasteiger partial charge in [0.1, 0.15) is 6.17 Å². The van der Waals surface area contributed by atoms with Crippen LogP contribution < -0.4 is 16.0 Å². The fraction of sp³-hybridized carbons (Fsp3) is 0.900. The number of rotatable bonds is 1. The zero-order valence-electron chi connectivity index (χ0n) is 9.56. The molecule has 1 heterocycles. The SMILES string of the molecule is CC(C)(C)NC(=O)NC1CCNCC1F. The second-order valence-corrected chi connectivity index (χ2v) is 4.96. The summed E-state index contributed by atoms with van der Waals surface area (Å²) in [5.41, 5.74) is -0.289. The van der Waals surface area contributed by atoms with Crippen LogP contribution in [0.1, 0.15) is 27.2 Å². The van der Waals surface area contributed by atoms with E-state index in [-0.39, 0.29) is 17.6 Å². The molecule has 0 aliphatic carbocycles. The number of amides is 2. The normalized spacial score (nSPS) is 27.2. The van der Waals surface area contributed by atoms with E-state index in [0.717, 1.165) is 6.54 Å². The van der Waals surface area contributed by atoms with E-state index in [1.54, 1.807) is 0 Å². The van der Waals surface area contributed by atoms with Gasteiger partial charge in [-0.25, -0.2) is 9.18 Å². The van der Waals surface area contributed by atoms with Gasteiger partial charge in [-0.2, -0.15) is 0 Å². The summed E-state index contributed by atoms with van der Waals surface area (Å²) in [6.45, 7) is 6.74. The Balaban J connectivity index is 2.36. The minimum Gasteiger partial charge on any atom is -0.334 e. The molecule has 3 N–H and O–H groups in total. The Morgan fingerprint density at radius 1 is 1.47 bits per heavy atom. The summed E-state index contributed by atoms with van der Waals surface area (Å²) in [4.78, 5) is 11.5. The van der Waals surface area contributed by atoms with Gasteiger partial charge in [0, 0.05) is 12.1 Å². The van der Waals surface area contributed by atoms with Crippen LogP contribution in [0.2, 0.25) is 0 Å². The molecule has 0 radical (unpaired) electrons. The maximum atomic E-state index is 13.3. The molecule has 0 spiro atoms. The van der Waals surface area contributed by atoms with Crippen LogP contribution in [-0.2, 0) is 0 Å². The van der Waals surface area contributed by atoms with Crippen LogP contribution in [0.5, 0.6) is 0 Å². The third-order valence-corrected chi connectivity index (χ3v) is 2.21. The number of hydrogen-bond donors (Lipinski definition) is 3. The second kappa shape index (κ2) is 4.79. The molecule has 1 saturated heterocycles. The van der Waals surface area contributed by atoms with Crippen LogP contribution in [-0.4, -0.2) is 36.9 Å². The highest BCUT2D eigenvalue weighted by Gasteiger charge is 2.26. The topological polar surface area (TPSA) is 53.2 Å². The number of nitrogens with one attached hydrogen (secondary N) is 3. The average molecular weight is 217 g/mol. The van der Waals surface area contributed by atoms with Crippen LogP contribution in [0.4, 0.5) is 9.18 Å². The summed E-state index contributed by atoms with van der Waals surface area (Å²) < 4.78 is 13.3. The third kappa shape index (κ3) is 4.46. The van der Waals surface area contributed by atoms with Gasteiger partial charge in [0.15, 0.2) is 0 Å². The van der Waals surface area contributed by atoms with Gasteiger partial charge >= 0.3 is 6.03 Å². The van der Waals surface area contributed by atoms with Gasteiger partial charge in [-0.3, -0.25) is 0 Å². The fourth-order valence-electron chi connectivity index (χ4n) is 1.53. The number of carbonyl (C=O) groups excluding carboxylic acids is 1. The van der Waals surface area contributed by atoms with Crippen molar-refractivity contribution >= 4 is 6.03 Å². The summed E-state index contributed by atoms with van der Waals surface area (Å²) in [6.07, 6.45) is -0.358. The van der Waals surface area contributed by atoms with Crippen molar-refractivity contribution in [1.82, 2.24) is 16.0 Å². The maximum absolute atomic E-state index is 13.3. The number of carbonyl (C=O) groups is 1. The van der Waals surface area contributed by atoms with E-state index in [9.17, 15) is 9.18 Å². The molecule has 15 heavy (non-hydrogen) atoms. The zero-order valence-corrected chi connectivity index (χ0v) is 9.56. The van der Waals surface area contributed by atoms with Crippen molar-refractivity contribution in [3.8, 4) is 0 Å². The molecule has 88 valence electrons. The van der Waals surface area contributed by atoms with Crippen molar-refractivity contribution < 1.29 is 9.18 Å². The maximum Gasteiger partial charge on any atom is 0.315 e. The number of urea groups is 1. The number of hydrogen-bond acceptors (Lipinski definition) is 2. The molecule has 1 rings (SSSR count). The number of halogens is 1. The van der Waals surface area contributed by atoms with E-state index >= 15 is 0 Å². The molecule has 2 unspecified atom stereocenters. The number of alkyl halides is 1. The first kappa shape index (κ1) is 12.2. The molecule has 1 aliphatic rings. The molecular weight excluding hydrogens is 197 g/mol. The first-order chi connectivity index (χ1) is 6.88. The summed E-state index contributed by atoms with van der Waals surface area (Å²) in [6, 6.07) is -0.661. The highest BCUT2D eigenvalue weighted by molar-refractivity contribution is 5.75. The molecule has 4 nitrogen and oxygen atoms in total. The van der Waals surface area contributed by atoms with E-state index in [0.29, 0.717) is 13.0 Å². The Morgan fingerprint density at radius 3 is 2.67 bits per heavy atom. The molecule has 1 aliphatic heterocycles. The van der Waals surface area contributed by atoms with Gasteiger partial charge in [0.25, 0.3) is 0 Å².